The highest BCUT2D eigenvalue weighted by Crippen LogP contribution is 2.09. The average Bonchev–Trinajstić information content (AvgIpc) is 2.17. The lowest BCUT2D eigenvalue weighted by atomic mass is 9.96. The Morgan fingerprint density at radius 3 is 2.56 bits per heavy atom. The van der Waals surface area contributed by atoms with Crippen molar-refractivity contribution in [3.63, 3.8) is 0 Å². The number of nitrogens with two attached hydrogens (primary N) is 2. The molecule has 0 fully saturated rings. The van der Waals surface area contributed by atoms with E-state index in [9.17, 15) is 4.79 Å². The highest BCUT2D eigenvalue weighted by atomic mass is 16.5. The fourth-order valence-electron chi connectivity index (χ4n) is 1.41. The summed E-state index contributed by atoms with van der Waals surface area (Å²) in [5.74, 6) is -0.444. The van der Waals surface area contributed by atoms with Crippen LogP contribution in [0.4, 0.5) is 0 Å². The van der Waals surface area contributed by atoms with Gasteiger partial charge in [0.25, 0.3) is 0 Å². The fraction of sp³-hybridized carbons (Fsp3) is 0.909. The van der Waals surface area contributed by atoms with Crippen LogP contribution in [0.2, 0.25) is 0 Å². The van der Waals surface area contributed by atoms with Crippen molar-refractivity contribution in [2.45, 2.75) is 38.3 Å². The third kappa shape index (κ3) is 5.44. The molecule has 0 aliphatic carbocycles. The molecule has 16 heavy (non-hydrogen) atoms. The summed E-state index contributed by atoms with van der Waals surface area (Å²) < 4.78 is 5.07. The van der Waals surface area contributed by atoms with Crippen molar-refractivity contribution in [3.05, 3.63) is 0 Å². The van der Waals surface area contributed by atoms with E-state index in [2.05, 4.69) is 11.8 Å². The Balaban J connectivity index is 3.85. The van der Waals surface area contributed by atoms with Gasteiger partial charge in [0.1, 0.15) is 0 Å². The van der Waals surface area contributed by atoms with Crippen molar-refractivity contribution in [2.75, 3.05) is 27.3 Å². The number of methoxy groups -OCH3 is 1. The molecular weight excluding hydrogens is 206 g/mol. The Hall–Kier alpha value is -0.650. The van der Waals surface area contributed by atoms with Crippen molar-refractivity contribution in [1.29, 1.82) is 0 Å². The lowest BCUT2D eigenvalue weighted by molar-refractivity contribution is -0.122. The Bertz CT molecular complexity index is 219. The molecule has 0 aromatic rings. The van der Waals surface area contributed by atoms with Gasteiger partial charge in [0.05, 0.1) is 12.1 Å². The Morgan fingerprint density at radius 2 is 2.12 bits per heavy atom. The van der Waals surface area contributed by atoms with Gasteiger partial charge in [-0.2, -0.15) is 0 Å². The first-order valence-electron chi connectivity index (χ1n) is 5.59. The minimum absolute atomic E-state index is 0.364. The molecule has 96 valence electrons. The SMILES string of the molecule is COCC(C)N(C)CCCC(C)(N)C(N)=O. The molecule has 0 radical (unpaired) electrons. The molecular formula is C11H25N3O2. The summed E-state index contributed by atoms with van der Waals surface area (Å²) in [4.78, 5) is 13.2. The second kappa shape index (κ2) is 6.83. The molecule has 0 spiro atoms. The molecule has 0 aromatic heterocycles. The van der Waals surface area contributed by atoms with Gasteiger partial charge in [-0.3, -0.25) is 4.79 Å². The van der Waals surface area contributed by atoms with Crippen LogP contribution in [0.15, 0.2) is 0 Å². The predicted octanol–water partition coefficient (Wildman–Crippen LogP) is -0.0640. The van der Waals surface area contributed by atoms with Crippen molar-refractivity contribution in [1.82, 2.24) is 4.90 Å². The van der Waals surface area contributed by atoms with Crippen LogP contribution in [0, 0.1) is 0 Å². The maximum atomic E-state index is 11.0. The number of carbonyl (C=O) groups excluding carboxylic acids is 1. The second-order valence-electron chi connectivity index (χ2n) is 4.67. The summed E-state index contributed by atoms with van der Waals surface area (Å²) in [5, 5.41) is 0. The first kappa shape index (κ1) is 15.3. The van der Waals surface area contributed by atoms with Gasteiger partial charge < -0.3 is 21.1 Å². The summed E-state index contributed by atoms with van der Waals surface area (Å²) in [7, 11) is 3.72. The van der Waals surface area contributed by atoms with Gasteiger partial charge >= 0.3 is 0 Å². The maximum absolute atomic E-state index is 11.0. The zero-order chi connectivity index (χ0) is 12.8. The summed E-state index contributed by atoms with van der Waals surface area (Å²) >= 11 is 0. The van der Waals surface area contributed by atoms with E-state index in [1.165, 1.54) is 0 Å². The smallest absolute Gasteiger partial charge is 0.237 e. The van der Waals surface area contributed by atoms with Crippen LogP contribution in [0.25, 0.3) is 0 Å². The number of hydrogen-bond donors (Lipinski definition) is 2. The fourth-order valence-corrected chi connectivity index (χ4v) is 1.41. The van der Waals surface area contributed by atoms with Crippen LogP contribution in [-0.4, -0.2) is 49.7 Å². The minimum Gasteiger partial charge on any atom is -0.383 e. The number of carbonyl (C=O) groups is 1. The maximum Gasteiger partial charge on any atom is 0.237 e. The number of hydrogen-bond acceptors (Lipinski definition) is 4. The van der Waals surface area contributed by atoms with E-state index in [1.807, 2.05) is 7.05 Å². The molecule has 0 rings (SSSR count). The Morgan fingerprint density at radius 1 is 1.56 bits per heavy atom. The molecule has 2 unspecified atom stereocenters. The van der Waals surface area contributed by atoms with Crippen molar-refractivity contribution >= 4 is 5.91 Å². The predicted molar refractivity (Wildman–Crippen MR) is 65.0 cm³/mol. The minimum atomic E-state index is -0.897. The average molecular weight is 231 g/mol. The summed E-state index contributed by atoms with van der Waals surface area (Å²) in [6.45, 7) is 5.35. The van der Waals surface area contributed by atoms with Crippen LogP contribution in [0.1, 0.15) is 26.7 Å². The molecule has 0 saturated carbocycles. The van der Waals surface area contributed by atoms with Gasteiger partial charge in [-0.25, -0.2) is 0 Å². The number of nitrogens with zero attached hydrogens (tertiary/aromatic N) is 1. The molecule has 5 heteroatoms. The van der Waals surface area contributed by atoms with Crippen molar-refractivity contribution in [3.8, 4) is 0 Å². The van der Waals surface area contributed by atoms with Crippen LogP contribution in [0.5, 0.6) is 0 Å². The lowest BCUT2D eigenvalue weighted by Gasteiger charge is -2.26. The molecule has 0 aliphatic rings. The number of likely N-dealkylation sites (N-methyl/N-ethyl adjacent to an activating group) is 1. The third-order valence-electron chi connectivity index (χ3n) is 2.93. The van der Waals surface area contributed by atoms with E-state index < -0.39 is 11.4 Å². The van der Waals surface area contributed by atoms with Gasteiger partial charge in [-0.15, -0.1) is 0 Å². The van der Waals surface area contributed by atoms with E-state index in [-0.39, 0.29) is 0 Å². The molecule has 0 aliphatic heterocycles. The topological polar surface area (TPSA) is 81.6 Å². The van der Waals surface area contributed by atoms with Gasteiger partial charge in [-0.1, -0.05) is 0 Å². The Kier molecular flexibility index (Phi) is 6.55. The van der Waals surface area contributed by atoms with Gasteiger partial charge in [0.15, 0.2) is 0 Å². The van der Waals surface area contributed by atoms with Crippen LogP contribution >= 0.6 is 0 Å². The Labute approximate surface area is 98.1 Å². The molecule has 0 bridgehead atoms. The highest BCUT2D eigenvalue weighted by molar-refractivity contribution is 5.83. The zero-order valence-electron chi connectivity index (χ0n) is 10.8. The first-order valence-corrected chi connectivity index (χ1v) is 5.59. The van der Waals surface area contributed by atoms with Gasteiger partial charge in [0, 0.05) is 13.2 Å². The molecule has 1 amide bonds. The summed E-state index contributed by atoms with van der Waals surface area (Å²) in [6, 6.07) is 0.364. The normalized spacial score (nSPS) is 17.1. The summed E-state index contributed by atoms with van der Waals surface area (Å²) in [6.07, 6.45) is 1.45. The van der Waals surface area contributed by atoms with E-state index in [0.29, 0.717) is 19.1 Å². The monoisotopic (exact) mass is 231 g/mol. The number of amides is 1. The van der Waals surface area contributed by atoms with Crippen molar-refractivity contribution < 1.29 is 9.53 Å². The molecule has 2 atom stereocenters. The summed E-state index contributed by atoms with van der Waals surface area (Å²) in [5.41, 5.74) is 10.1. The molecule has 4 N–H and O–H groups in total. The van der Waals surface area contributed by atoms with Crippen LogP contribution in [-0.2, 0) is 9.53 Å². The highest BCUT2D eigenvalue weighted by Gasteiger charge is 2.25. The van der Waals surface area contributed by atoms with Crippen molar-refractivity contribution in [2.24, 2.45) is 11.5 Å². The van der Waals surface area contributed by atoms with Crippen LogP contribution < -0.4 is 11.5 Å². The van der Waals surface area contributed by atoms with E-state index >= 15 is 0 Å². The first-order chi connectivity index (χ1) is 7.31. The van der Waals surface area contributed by atoms with E-state index in [1.54, 1.807) is 14.0 Å². The second-order valence-corrected chi connectivity index (χ2v) is 4.67. The quantitative estimate of drug-likeness (QED) is 0.613. The molecule has 5 nitrogen and oxygen atoms in total. The molecule has 0 saturated heterocycles. The van der Waals surface area contributed by atoms with E-state index in [0.717, 1.165) is 13.0 Å². The molecule has 0 heterocycles. The number of primary amides is 1. The molecule has 0 aromatic carbocycles. The zero-order valence-corrected chi connectivity index (χ0v) is 10.8. The third-order valence-corrected chi connectivity index (χ3v) is 2.93. The van der Waals surface area contributed by atoms with Crippen LogP contribution in [0.3, 0.4) is 0 Å². The standard InChI is InChI=1S/C11H25N3O2/c1-9(8-16-4)14(3)7-5-6-11(2,13)10(12)15/h9H,5-8,13H2,1-4H3,(H2,12,15). The van der Waals surface area contributed by atoms with E-state index in [4.69, 9.17) is 16.2 Å². The van der Waals surface area contributed by atoms with Gasteiger partial charge in [0.2, 0.25) is 5.91 Å². The largest absolute Gasteiger partial charge is 0.383 e. The number of rotatable bonds is 8. The van der Waals surface area contributed by atoms with Gasteiger partial charge in [-0.05, 0) is 40.3 Å². The number of ether oxygens (including phenoxy) is 1. The lowest BCUT2D eigenvalue weighted by Crippen LogP contribution is -2.49.